The molecule has 1 saturated heterocycles. The van der Waals surface area contributed by atoms with Gasteiger partial charge in [0.1, 0.15) is 0 Å². The molecule has 0 bridgehead atoms. The molecule has 1 N–H and O–H groups in total. The van der Waals surface area contributed by atoms with Crippen LogP contribution in [0.1, 0.15) is 48.7 Å². The molecule has 1 aliphatic rings. The molecule has 1 heterocycles. The van der Waals surface area contributed by atoms with E-state index in [9.17, 15) is 13.2 Å². The summed E-state index contributed by atoms with van der Waals surface area (Å²) in [7, 11) is -1.84. The summed E-state index contributed by atoms with van der Waals surface area (Å²) in [6.45, 7) is 6.46. The van der Waals surface area contributed by atoms with Gasteiger partial charge in [0.05, 0.1) is 18.0 Å². The second kappa shape index (κ2) is 9.08. The molecule has 2 aromatic carbocycles. The van der Waals surface area contributed by atoms with Gasteiger partial charge in [0.25, 0.3) is 5.91 Å². The molecule has 2 aromatic rings. The van der Waals surface area contributed by atoms with Crippen LogP contribution in [0.4, 0.5) is 11.4 Å². The Hall–Kier alpha value is -2.54. The number of hydrogen-bond donors (Lipinski definition) is 1. The van der Waals surface area contributed by atoms with E-state index in [2.05, 4.69) is 41.4 Å². The van der Waals surface area contributed by atoms with Gasteiger partial charge in [0.15, 0.2) is 0 Å². The highest BCUT2D eigenvalue weighted by molar-refractivity contribution is 7.92. The minimum Gasteiger partial charge on any atom is -0.372 e. The average Bonchev–Trinajstić information content (AvgIpc) is 2.73. The molecule has 3 rings (SSSR count). The van der Waals surface area contributed by atoms with Crippen LogP contribution in [0.15, 0.2) is 48.5 Å². The maximum atomic E-state index is 12.6. The van der Waals surface area contributed by atoms with E-state index in [0.717, 1.165) is 30.8 Å². The topological polar surface area (TPSA) is 69.7 Å². The van der Waals surface area contributed by atoms with E-state index in [0.29, 0.717) is 11.3 Å². The van der Waals surface area contributed by atoms with Crippen molar-refractivity contribution in [2.45, 2.75) is 32.7 Å². The molecule has 1 amide bonds. The van der Waals surface area contributed by atoms with Crippen molar-refractivity contribution in [3.05, 3.63) is 59.7 Å². The molecule has 1 aliphatic heterocycles. The van der Waals surface area contributed by atoms with E-state index in [4.69, 9.17) is 0 Å². The molecule has 1 atom stereocenters. The molecule has 7 heteroatoms. The highest BCUT2D eigenvalue weighted by Crippen LogP contribution is 2.25. The first-order chi connectivity index (χ1) is 14.1. The van der Waals surface area contributed by atoms with Crippen molar-refractivity contribution in [1.29, 1.82) is 0 Å². The normalized spacial score (nSPS) is 16.2. The van der Waals surface area contributed by atoms with Crippen molar-refractivity contribution in [3.63, 3.8) is 0 Å². The number of anilines is 2. The number of piperidine rings is 1. The van der Waals surface area contributed by atoms with Gasteiger partial charge in [0.2, 0.25) is 10.0 Å². The van der Waals surface area contributed by atoms with Gasteiger partial charge < -0.3 is 10.2 Å². The summed E-state index contributed by atoms with van der Waals surface area (Å²) in [6.07, 6.45) is 3.60. The van der Waals surface area contributed by atoms with Crippen molar-refractivity contribution in [3.8, 4) is 0 Å². The Bertz CT molecular complexity index is 964. The standard InChI is InChI=1S/C23H31N3O3S/c1-17-13-15-26(16-14-17)22-11-5-19(6-12-22)18(2)24-23(27)20-7-9-21(10-8-20)25(3)30(4,28)29/h5-12,17-18H,13-16H2,1-4H3,(H,24,27)/t18-/m0/s1. The molecule has 0 aromatic heterocycles. The minimum absolute atomic E-state index is 0.133. The lowest BCUT2D eigenvalue weighted by Gasteiger charge is -2.32. The molecule has 0 aliphatic carbocycles. The predicted molar refractivity (Wildman–Crippen MR) is 123 cm³/mol. The summed E-state index contributed by atoms with van der Waals surface area (Å²) in [5.74, 6) is 0.613. The number of rotatable bonds is 6. The fourth-order valence-corrected chi connectivity index (χ4v) is 4.12. The summed E-state index contributed by atoms with van der Waals surface area (Å²) < 4.78 is 24.5. The Morgan fingerprint density at radius 3 is 2.17 bits per heavy atom. The van der Waals surface area contributed by atoms with Gasteiger partial charge in [-0.25, -0.2) is 8.42 Å². The molecule has 30 heavy (non-hydrogen) atoms. The lowest BCUT2D eigenvalue weighted by atomic mass is 9.98. The largest absolute Gasteiger partial charge is 0.372 e. The molecule has 6 nitrogen and oxygen atoms in total. The Morgan fingerprint density at radius 1 is 1.07 bits per heavy atom. The number of amides is 1. The van der Waals surface area contributed by atoms with E-state index in [-0.39, 0.29) is 11.9 Å². The van der Waals surface area contributed by atoms with Crippen molar-refractivity contribution in [1.82, 2.24) is 5.32 Å². The maximum absolute atomic E-state index is 12.6. The van der Waals surface area contributed by atoms with Crippen molar-refractivity contribution >= 4 is 27.3 Å². The molecule has 0 saturated carbocycles. The lowest BCUT2D eigenvalue weighted by molar-refractivity contribution is 0.0940. The SMILES string of the molecule is CC1CCN(c2ccc([C@H](C)NC(=O)c3ccc(N(C)S(C)(=O)=O)cc3)cc2)CC1. The van der Waals surface area contributed by atoms with E-state index in [1.807, 2.05) is 6.92 Å². The third kappa shape index (κ3) is 5.33. The number of nitrogens with one attached hydrogen (secondary N) is 1. The molecular formula is C23H31N3O3S. The summed E-state index contributed by atoms with van der Waals surface area (Å²) in [5, 5.41) is 3.01. The van der Waals surface area contributed by atoms with Crippen LogP contribution in [-0.2, 0) is 10.0 Å². The van der Waals surface area contributed by atoms with Crippen LogP contribution in [0.5, 0.6) is 0 Å². The van der Waals surface area contributed by atoms with Crippen LogP contribution in [-0.4, -0.2) is 40.7 Å². The van der Waals surface area contributed by atoms with Crippen LogP contribution in [0.25, 0.3) is 0 Å². The predicted octanol–water partition coefficient (Wildman–Crippen LogP) is 3.81. The zero-order valence-corrected chi connectivity index (χ0v) is 18.9. The van der Waals surface area contributed by atoms with Gasteiger partial charge in [-0.2, -0.15) is 0 Å². The Balaban J connectivity index is 1.61. The summed E-state index contributed by atoms with van der Waals surface area (Å²) in [4.78, 5) is 15.0. The fourth-order valence-electron chi connectivity index (χ4n) is 3.62. The quantitative estimate of drug-likeness (QED) is 0.758. The zero-order chi connectivity index (χ0) is 21.9. The van der Waals surface area contributed by atoms with Gasteiger partial charge in [0, 0.05) is 31.4 Å². The van der Waals surface area contributed by atoms with Crippen molar-refractivity contribution in [2.75, 3.05) is 35.6 Å². The molecule has 0 radical (unpaired) electrons. The fraction of sp³-hybridized carbons (Fsp3) is 0.435. The minimum atomic E-state index is -3.33. The first kappa shape index (κ1) is 22.2. The smallest absolute Gasteiger partial charge is 0.251 e. The molecule has 0 unspecified atom stereocenters. The Labute approximate surface area is 179 Å². The highest BCUT2D eigenvalue weighted by Gasteiger charge is 2.17. The number of carbonyl (C=O) groups is 1. The Kier molecular flexibility index (Phi) is 6.71. The van der Waals surface area contributed by atoms with Crippen LogP contribution in [0.2, 0.25) is 0 Å². The van der Waals surface area contributed by atoms with E-state index in [1.165, 1.54) is 29.9 Å². The van der Waals surface area contributed by atoms with Crippen LogP contribution in [0.3, 0.4) is 0 Å². The number of sulfonamides is 1. The molecule has 0 spiro atoms. The zero-order valence-electron chi connectivity index (χ0n) is 18.1. The monoisotopic (exact) mass is 429 g/mol. The maximum Gasteiger partial charge on any atom is 0.251 e. The second-order valence-corrected chi connectivity index (χ2v) is 10.2. The third-order valence-corrected chi connectivity index (χ3v) is 7.09. The van der Waals surface area contributed by atoms with E-state index < -0.39 is 10.0 Å². The molecule has 1 fully saturated rings. The first-order valence-corrected chi connectivity index (χ1v) is 12.2. The second-order valence-electron chi connectivity index (χ2n) is 8.23. The number of carbonyl (C=O) groups excluding carboxylic acids is 1. The van der Waals surface area contributed by atoms with Gasteiger partial charge >= 0.3 is 0 Å². The average molecular weight is 430 g/mol. The Morgan fingerprint density at radius 2 is 1.63 bits per heavy atom. The van der Waals surface area contributed by atoms with Crippen molar-refractivity contribution in [2.24, 2.45) is 5.92 Å². The van der Waals surface area contributed by atoms with Gasteiger partial charge in [-0.15, -0.1) is 0 Å². The van der Waals surface area contributed by atoms with Crippen LogP contribution >= 0.6 is 0 Å². The van der Waals surface area contributed by atoms with E-state index in [1.54, 1.807) is 24.3 Å². The molecule has 162 valence electrons. The van der Waals surface area contributed by atoms with E-state index >= 15 is 0 Å². The third-order valence-electron chi connectivity index (χ3n) is 5.88. The molecular weight excluding hydrogens is 398 g/mol. The lowest BCUT2D eigenvalue weighted by Crippen LogP contribution is -2.32. The van der Waals surface area contributed by atoms with Crippen molar-refractivity contribution < 1.29 is 13.2 Å². The van der Waals surface area contributed by atoms with Gasteiger partial charge in [-0.3, -0.25) is 9.10 Å². The highest BCUT2D eigenvalue weighted by atomic mass is 32.2. The van der Waals surface area contributed by atoms with Crippen LogP contribution < -0.4 is 14.5 Å². The number of hydrogen-bond acceptors (Lipinski definition) is 4. The van der Waals surface area contributed by atoms with Gasteiger partial charge in [-0.05, 0) is 67.6 Å². The first-order valence-electron chi connectivity index (χ1n) is 10.3. The number of benzene rings is 2. The summed E-state index contributed by atoms with van der Waals surface area (Å²) >= 11 is 0. The van der Waals surface area contributed by atoms with Crippen LogP contribution in [0, 0.1) is 5.92 Å². The van der Waals surface area contributed by atoms with Gasteiger partial charge in [-0.1, -0.05) is 19.1 Å². The summed E-state index contributed by atoms with van der Waals surface area (Å²) in [6, 6.07) is 14.8. The number of nitrogens with zero attached hydrogens (tertiary/aromatic N) is 2. The summed E-state index contributed by atoms with van der Waals surface area (Å²) in [5.41, 5.74) is 3.29.